The van der Waals surface area contributed by atoms with E-state index in [2.05, 4.69) is 0 Å². The van der Waals surface area contributed by atoms with E-state index in [-0.39, 0.29) is 17.1 Å². The van der Waals surface area contributed by atoms with Gasteiger partial charge in [-0.1, -0.05) is 39.0 Å². The SMILES string of the molecule is COCCN(Cc1ccc(OS(=O)(=O)c2cccc(C(F)(F)F)c2)cc1)C(=O)CC(C)(C)C. The molecule has 0 saturated heterocycles. The number of carbonyl (C=O) groups excluding carboxylic acids is 1. The van der Waals surface area contributed by atoms with Crippen molar-refractivity contribution in [2.24, 2.45) is 5.41 Å². The topological polar surface area (TPSA) is 72.9 Å². The smallest absolute Gasteiger partial charge is 0.383 e. The van der Waals surface area contributed by atoms with Crippen LogP contribution in [0.2, 0.25) is 0 Å². The van der Waals surface area contributed by atoms with Crippen molar-refractivity contribution < 1.29 is 35.3 Å². The van der Waals surface area contributed by atoms with Crippen LogP contribution >= 0.6 is 0 Å². The first kappa shape index (κ1) is 26.7. The summed E-state index contributed by atoms with van der Waals surface area (Å²) in [6.07, 6.45) is -4.32. The molecule has 6 nitrogen and oxygen atoms in total. The second kappa shape index (κ2) is 10.6. The highest BCUT2D eigenvalue weighted by Crippen LogP contribution is 2.31. The first-order valence-electron chi connectivity index (χ1n) is 10.2. The van der Waals surface area contributed by atoms with Crippen LogP contribution in [0.1, 0.15) is 38.3 Å². The highest BCUT2D eigenvalue weighted by molar-refractivity contribution is 7.87. The lowest BCUT2D eigenvalue weighted by atomic mass is 9.91. The summed E-state index contributed by atoms with van der Waals surface area (Å²) in [5, 5.41) is 0. The minimum atomic E-state index is -4.67. The Morgan fingerprint density at radius 1 is 1.03 bits per heavy atom. The second-order valence-electron chi connectivity index (χ2n) is 8.75. The molecule has 33 heavy (non-hydrogen) atoms. The first-order chi connectivity index (χ1) is 15.2. The van der Waals surface area contributed by atoms with Gasteiger partial charge in [0.1, 0.15) is 10.6 Å². The molecule has 0 N–H and O–H groups in total. The molecule has 2 rings (SSSR count). The molecule has 0 fully saturated rings. The van der Waals surface area contributed by atoms with Crippen molar-refractivity contribution in [2.45, 2.75) is 44.8 Å². The summed E-state index contributed by atoms with van der Waals surface area (Å²) in [5.41, 5.74) is -0.534. The van der Waals surface area contributed by atoms with Crippen LogP contribution < -0.4 is 4.18 Å². The molecule has 0 aliphatic heterocycles. The van der Waals surface area contributed by atoms with Crippen LogP contribution in [-0.4, -0.2) is 39.5 Å². The Kier molecular flexibility index (Phi) is 8.53. The van der Waals surface area contributed by atoms with Crippen LogP contribution in [-0.2, 0) is 32.4 Å². The largest absolute Gasteiger partial charge is 0.416 e. The van der Waals surface area contributed by atoms with Gasteiger partial charge in [0.25, 0.3) is 0 Å². The molecule has 0 spiro atoms. The van der Waals surface area contributed by atoms with Crippen molar-refractivity contribution in [3.63, 3.8) is 0 Å². The molecule has 1 amide bonds. The number of hydrogen-bond donors (Lipinski definition) is 0. The molecule has 0 saturated carbocycles. The molecule has 0 bridgehead atoms. The minimum absolute atomic E-state index is 0.0352. The second-order valence-corrected chi connectivity index (χ2v) is 10.3. The van der Waals surface area contributed by atoms with E-state index in [0.29, 0.717) is 32.2 Å². The lowest BCUT2D eigenvalue weighted by Gasteiger charge is -2.26. The number of benzene rings is 2. The molecule has 0 radical (unpaired) electrons. The zero-order valence-corrected chi connectivity index (χ0v) is 19.8. The zero-order valence-electron chi connectivity index (χ0n) is 19.0. The maximum Gasteiger partial charge on any atom is 0.416 e. The van der Waals surface area contributed by atoms with Crippen LogP contribution in [0.15, 0.2) is 53.4 Å². The molecule has 182 valence electrons. The summed E-state index contributed by atoms with van der Waals surface area (Å²) in [5.74, 6) is -0.0902. The summed E-state index contributed by atoms with van der Waals surface area (Å²) >= 11 is 0. The number of amides is 1. The molecule has 10 heteroatoms. The van der Waals surface area contributed by atoms with Gasteiger partial charge in [-0.15, -0.1) is 0 Å². The Bertz CT molecular complexity index is 1050. The number of carbonyl (C=O) groups is 1. The normalized spacial score (nSPS) is 12.5. The van der Waals surface area contributed by atoms with Crippen molar-refractivity contribution in [1.82, 2.24) is 4.90 Å². The van der Waals surface area contributed by atoms with E-state index in [0.717, 1.165) is 23.8 Å². The van der Waals surface area contributed by atoms with Crippen molar-refractivity contribution in [3.05, 3.63) is 59.7 Å². The molecule has 0 aliphatic rings. The van der Waals surface area contributed by atoms with Gasteiger partial charge in [0.2, 0.25) is 5.91 Å². The quantitative estimate of drug-likeness (QED) is 0.471. The third-order valence-electron chi connectivity index (χ3n) is 4.55. The van der Waals surface area contributed by atoms with E-state index in [1.54, 1.807) is 24.1 Å². The standard InChI is InChI=1S/C23H28F3NO5S/c1-22(2,3)15-21(28)27(12-13-31-4)16-17-8-10-19(11-9-17)32-33(29,30)20-7-5-6-18(14-20)23(24,25)26/h5-11,14H,12-13,15-16H2,1-4H3. The van der Waals surface area contributed by atoms with E-state index < -0.39 is 26.8 Å². The third-order valence-corrected chi connectivity index (χ3v) is 5.80. The zero-order chi connectivity index (χ0) is 24.9. The predicted octanol–water partition coefficient (Wildman–Crippen LogP) is 4.88. The van der Waals surface area contributed by atoms with Gasteiger partial charge in [0, 0.05) is 26.6 Å². The average molecular weight is 488 g/mol. The maximum atomic E-state index is 12.9. The number of ether oxygens (including phenoxy) is 1. The highest BCUT2D eigenvalue weighted by Gasteiger charge is 2.32. The Morgan fingerprint density at radius 3 is 2.21 bits per heavy atom. The van der Waals surface area contributed by atoms with Gasteiger partial charge < -0.3 is 13.8 Å². The maximum absolute atomic E-state index is 12.9. The molecule has 2 aromatic carbocycles. The molecular weight excluding hydrogens is 459 g/mol. The van der Waals surface area contributed by atoms with Gasteiger partial charge in [-0.25, -0.2) is 0 Å². The van der Waals surface area contributed by atoms with Crippen LogP contribution in [0.25, 0.3) is 0 Å². The highest BCUT2D eigenvalue weighted by atomic mass is 32.2. The van der Waals surface area contributed by atoms with Crippen LogP contribution in [0, 0.1) is 5.41 Å². The van der Waals surface area contributed by atoms with Crippen LogP contribution in [0.3, 0.4) is 0 Å². The summed E-state index contributed by atoms with van der Waals surface area (Å²) in [7, 11) is -2.91. The van der Waals surface area contributed by atoms with Crippen molar-refractivity contribution in [2.75, 3.05) is 20.3 Å². The number of nitrogens with zero attached hydrogens (tertiary/aromatic N) is 1. The van der Waals surface area contributed by atoms with Crippen molar-refractivity contribution in [3.8, 4) is 5.75 Å². The summed E-state index contributed by atoms with van der Waals surface area (Å²) < 4.78 is 73.6. The number of methoxy groups -OCH3 is 1. The summed E-state index contributed by atoms with van der Waals surface area (Å²) in [6.45, 7) is 6.96. The van der Waals surface area contributed by atoms with Crippen molar-refractivity contribution in [1.29, 1.82) is 0 Å². The Labute approximate surface area is 192 Å². The van der Waals surface area contributed by atoms with Crippen LogP contribution in [0.5, 0.6) is 5.75 Å². The Balaban J connectivity index is 2.14. The lowest BCUT2D eigenvalue weighted by molar-refractivity contribution is -0.137. The van der Waals surface area contributed by atoms with Crippen molar-refractivity contribution >= 4 is 16.0 Å². The summed E-state index contributed by atoms with van der Waals surface area (Å²) in [4.78, 5) is 13.7. The molecule has 0 unspecified atom stereocenters. The Hall–Kier alpha value is -2.59. The molecule has 0 heterocycles. The Morgan fingerprint density at radius 2 is 1.67 bits per heavy atom. The van der Waals surface area contributed by atoms with E-state index in [9.17, 15) is 26.4 Å². The number of alkyl halides is 3. The third kappa shape index (κ3) is 8.36. The van der Waals surface area contributed by atoms with E-state index in [1.165, 1.54) is 12.1 Å². The first-order valence-corrected chi connectivity index (χ1v) is 11.6. The van der Waals surface area contributed by atoms with E-state index in [1.807, 2.05) is 20.8 Å². The van der Waals surface area contributed by atoms with Gasteiger partial charge in [-0.05, 0) is 41.3 Å². The predicted molar refractivity (Wildman–Crippen MR) is 117 cm³/mol. The molecule has 2 aromatic rings. The lowest BCUT2D eigenvalue weighted by Crippen LogP contribution is -2.35. The molecular formula is C23H28F3NO5S. The van der Waals surface area contributed by atoms with Gasteiger partial charge >= 0.3 is 16.3 Å². The average Bonchev–Trinajstić information content (AvgIpc) is 2.70. The molecule has 0 aromatic heterocycles. The number of halogens is 3. The van der Waals surface area contributed by atoms with Crippen LogP contribution in [0.4, 0.5) is 13.2 Å². The fourth-order valence-corrected chi connectivity index (χ4v) is 3.91. The minimum Gasteiger partial charge on any atom is -0.383 e. The molecule has 0 aliphatic carbocycles. The van der Waals surface area contributed by atoms with E-state index in [4.69, 9.17) is 8.92 Å². The van der Waals surface area contributed by atoms with Gasteiger partial charge in [-0.3, -0.25) is 4.79 Å². The monoisotopic (exact) mass is 487 g/mol. The fraction of sp³-hybridized carbons (Fsp3) is 0.435. The fourth-order valence-electron chi connectivity index (χ4n) is 2.93. The van der Waals surface area contributed by atoms with E-state index >= 15 is 0 Å². The number of rotatable bonds is 9. The van der Waals surface area contributed by atoms with Gasteiger partial charge in [0.05, 0.1) is 12.2 Å². The number of hydrogen-bond acceptors (Lipinski definition) is 5. The van der Waals surface area contributed by atoms with Gasteiger partial charge in [0.15, 0.2) is 0 Å². The molecule has 0 atom stereocenters. The summed E-state index contributed by atoms with van der Waals surface area (Å²) in [6, 6.07) is 9.33. The van der Waals surface area contributed by atoms with Gasteiger partial charge in [-0.2, -0.15) is 21.6 Å².